The number of aromatic nitrogens is 1. The van der Waals surface area contributed by atoms with Crippen LogP contribution in [0.1, 0.15) is 34.7 Å². The van der Waals surface area contributed by atoms with E-state index in [0.717, 1.165) is 18.4 Å². The van der Waals surface area contributed by atoms with Crippen molar-refractivity contribution in [2.45, 2.75) is 31.3 Å². The van der Waals surface area contributed by atoms with Crippen molar-refractivity contribution in [1.29, 1.82) is 0 Å². The van der Waals surface area contributed by atoms with Gasteiger partial charge in [0.05, 0.1) is 0 Å². The van der Waals surface area contributed by atoms with Gasteiger partial charge in [0.2, 0.25) is 10.0 Å². The first-order chi connectivity index (χ1) is 14.9. The van der Waals surface area contributed by atoms with Gasteiger partial charge in [0.25, 0.3) is 5.91 Å². The average molecular weight is 442 g/mol. The molecular weight excluding hydrogens is 418 g/mol. The standard InChI is InChI=1S/C22H23N3O5S/c1-16-21(31(27,28)25-10-2-3-11-25)13-20(30-16)22(26)24-18-7-4-8-19(12-18)29-15-17-6-5-9-23-14-17/h4-9,12-14H,2-3,10-11,15H2,1H3,(H,24,26). The molecule has 0 unspecified atom stereocenters. The van der Waals surface area contributed by atoms with Gasteiger partial charge in [-0.25, -0.2) is 8.42 Å². The number of hydrogen-bond acceptors (Lipinski definition) is 6. The zero-order chi connectivity index (χ0) is 21.8. The van der Waals surface area contributed by atoms with Crippen LogP contribution in [0.4, 0.5) is 5.69 Å². The topological polar surface area (TPSA) is 102 Å². The van der Waals surface area contributed by atoms with Crippen LogP contribution in [0.25, 0.3) is 0 Å². The molecule has 3 aromatic rings. The Morgan fingerprint density at radius 2 is 2.00 bits per heavy atom. The Morgan fingerprint density at radius 1 is 1.19 bits per heavy atom. The number of rotatable bonds is 7. The van der Waals surface area contributed by atoms with Gasteiger partial charge in [-0.3, -0.25) is 9.78 Å². The Labute approximate surface area is 180 Å². The Kier molecular flexibility index (Phi) is 6.06. The number of nitrogens with one attached hydrogen (secondary N) is 1. The second kappa shape index (κ2) is 8.91. The van der Waals surface area contributed by atoms with Gasteiger partial charge >= 0.3 is 0 Å². The maximum atomic E-state index is 12.8. The summed E-state index contributed by atoms with van der Waals surface area (Å²) in [7, 11) is -3.66. The van der Waals surface area contributed by atoms with Crippen LogP contribution in [0.2, 0.25) is 0 Å². The van der Waals surface area contributed by atoms with Crippen LogP contribution in [0, 0.1) is 6.92 Å². The Morgan fingerprint density at radius 3 is 2.74 bits per heavy atom. The Balaban J connectivity index is 1.45. The fourth-order valence-corrected chi connectivity index (χ4v) is 5.09. The zero-order valence-electron chi connectivity index (χ0n) is 17.1. The molecule has 0 aliphatic carbocycles. The summed E-state index contributed by atoms with van der Waals surface area (Å²) >= 11 is 0. The van der Waals surface area contributed by atoms with Crippen LogP contribution in [0.5, 0.6) is 5.75 Å². The quantitative estimate of drug-likeness (QED) is 0.601. The predicted molar refractivity (Wildman–Crippen MR) is 114 cm³/mol. The maximum Gasteiger partial charge on any atom is 0.291 e. The maximum absolute atomic E-state index is 12.8. The minimum Gasteiger partial charge on any atom is -0.489 e. The molecule has 31 heavy (non-hydrogen) atoms. The van der Waals surface area contributed by atoms with Crippen molar-refractivity contribution in [3.8, 4) is 5.75 Å². The third kappa shape index (κ3) is 4.78. The number of amides is 1. The number of ether oxygens (including phenoxy) is 1. The lowest BCUT2D eigenvalue weighted by Gasteiger charge is -2.14. The number of anilines is 1. The highest BCUT2D eigenvalue weighted by atomic mass is 32.2. The zero-order valence-corrected chi connectivity index (χ0v) is 17.9. The summed E-state index contributed by atoms with van der Waals surface area (Å²) in [5.41, 5.74) is 1.43. The molecule has 0 atom stereocenters. The van der Waals surface area contributed by atoms with Crippen LogP contribution < -0.4 is 10.1 Å². The van der Waals surface area contributed by atoms with E-state index in [2.05, 4.69) is 10.3 Å². The van der Waals surface area contributed by atoms with E-state index in [4.69, 9.17) is 9.15 Å². The molecule has 1 amide bonds. The van der Waals surface area contributed by atoms with Crippen LogP contribution in [0.3, 0.4) is 0 Å². The first-order valence-electron chi connectivity index (χ1n) is 9.97. The molecule has 1 fully saturated rings. The average Bonchev–Trinajstić information content (AvgIpc) is 3.44. The van der Waals surface area contributed by atoms with Crippen molar-refractivity contribution in [3.05, 3.63) is 71.9 Å². The number of pyridine rings is 1. The summed E-state index contributed by atoms with van der Waals surface area (Å²) in [5.74, 6) is 0.188. The van der Waals surface area contributed by atoms with E-state index in [1.54, 1.807) is 43.6 Å². The minimum absolute atomic E-state index is 0.0353. The van der Waals surface area contributed by atoms with Crippen molar-refractivity contribution < 1.29 is 22.4 Å². The number of carbonyl (C=O) groups is 1. The first kappa shape index (κ1) is 21.1. The first-order valence-corrected chi connectivity index (χ1v) is 11.4. The summed E-state index contributed by atoms with van der Waals surface area (Å²) in [6.07, 6.45) is 5.09. The van der Waals surface area contributed by atoms with E-state index < -0.39 is 15.9 Å². The molecule has 1 aliphatic rings. The van der Waals surface area contributed by atoms with Crippen LogP contribution in [-0.4, -0.2) is 36.7 Å². The summed E-state index contributed by atoms with van der Waals surface area (Å²) in [6.45, 7) is 2.87. The van der Waals surface area contributed by atoms with Gasteiger partial charge in [-0.15, -0.1) is 0 Å². The summed E-state index contributed by atoms with van der Waals surface area (Å²) in [6, 6.07) is 12.0. The second-order valence-corrected chi connectivity index (χ2v) is 9.18. The molecular formula is C22H23N3O5S. The lowest BCUT2D eigenvalue weighted by molar-refractivity contribution is 0.0995. The van der Waals surface area contributed by atoms with Crippen molar-refractivity contribution >= 4 is 21.6 Å². The van der Waals surface area contributed by atoms with Gasteiger partial charge in [-0.2, -0.15) is 4.31 Å². The van der Waals surface area contributed by atoms with Crippen molar-refractivity contribution in [2.24, 2.45) is 0 Å². The monoisotopic (exact) mass is 441 g/mol. The molecule has 1 N–H and O–H groups in total. The normalized spacial score (nSPS) is 14.5. The highest BCUT2D eigenvalue weighted by Gasteiger charge is 2.31. The van der Waals surface area contributed by atoms with Crippen LogP contribution in [-0.2, 0) is 16.6 Å². The smallest absolute Gasteiger partial charge is 0.291 e. The summed E-state index contributed by atoms with van der Waals surface area (Å²) in [4.78, 5) is 16.7. The van der Waals surface area contributed by atoms with Gasteiger partial charge in [-0.1, -0.05) is 12.1 Å². The van der Waals surface area contributed by atoms with Gasteiger partial charge < -0.3 is 14.5 Å². The molecule has 9 heteroatoms. The molecule has 3 heterocycles. The fourth-order valence-electron chi connectivity index (χ4n) is 3.41. The highest BCUT2D eigenvalue weighted by Crippen LogP contribution is 2.27. The minimum atomic E-state index is -3.66. The van der Waals surface area contributed by atoms with E-state index in [0.29, 0.717) is 31.1 Å². The van der Waals surface area contributed by atoms with Crippen molar-refractivity contribution in [2.75, 3.05) is 18.4 Å². The number of carbonyl (C=O) groups excluding carboxylic acids is 1. The molecule has 2 aromatic heterocycles. The third-order valence-electron chi connectivity index (χ3n) is 5.00. The molecule has 0 bridgehead atoms. The number of benzene rings is 1. The summed E-state index contributed by atoms with van der Waals surface area (Å²) in [5, 5.41) is 2.72. The molecule has 0 spiro atoms. The number of hydrogen-bond donors (Lipinski definition) is 1. The molecule has 0 saturated carbocycles. The summed E-state index contributed by atoms with van der Waals surface area (Å²) < 4.78 is 38.2. The van der Waals surface area contributed by atoms with Gasteiger partial charge in [-0.05, 0) is 38.0 Å². The van der Waals surface area contributed by atoms with E-state index in [9.17, 15) is 13.2 Å². The van der Waals surface area contributed by atoms with E-state index in [1.165, 1.54) is 10.4 Å². The van der Waals surface area contributed by atoms with E-state index in [-0.39, 0.29) is 16.4 Å². The van der Waals surface area contributed by atoms with Crippen molar-refractivity contribution in [1.82, 2.24) is 9.29 Å². The number of sulfonamides is 1. The van der Waals surface area contributed by atoms with Crippen LogP contribution in [0.15, 0.2) is 64.2 Å². The van der Waals surface area contributed by atoms with Crippen molar-refractivity contribution in [3.63, 3.8) is 0 Å². The number of furan rings is 1. The number of nitrogens with zero attached hydrogens (tertiary/aromatic N) is 2. The molecule has 162 valence electrons. The Bertz CT molecular complexity index is 1170. The lowest BCUT2D eigenvalue weighted by atomic mass is 10.2. The molecule has 0 radical (unpaired) electrons. The number of aryl methyl sites for hydroxylation is 1. The lowest BCUT2D eigenvalue weighted by Crippen LogP contribution is -2.28. The fraction of sp³-hybridized carbons (Fsp3) is 0.273. The van der Waals surface area contributed by atoms with E-state index >= 15 is 0 Å². The Hall–Kier alpha value is -3.17. The second-order valence-electron chi connectivity index (χ2n) is 7.27. The highest BCUT2D eigenvalue weighted by molar-refractivity contribution is 7.89. The molecule has 4 rings (SSSR count). The third-order valence-corrected chi connectivity index (χ3v) is 7.01. The van der Waals surface area contributed by atoms with E-state index in [1.807, 2.05) is 12.1 Å². The van der Waals surface area contributed by atoms with Gasteiger partial charge in [0.1, 0.15) is 23.0 Å². The molecule has 1 aliphatic heterocycles. The van der Waals surface area contributed by atoms with Gasteiger partial charge in [0.15, 0.2) is 5.76 Å². The SMILES string of the molecule is Cc1oc(C(=O)Nc2cccc(OCc3cccnc3)c2)cc1S(=O)(=O)N1CCCC1. The largest absolute Gasteiger partial charge is 0.489 e. The molecule has 8 nitrogen and oxygen atoms in total. The van der Waals surface area contributed by atoms with Crippen LogP contribution >= 0.6 is 0 Å². The van der Waals surface area contributed by atoms with Gasteiger partial charge in [0, 0.05) is 48.9 Å². The predicted octanol–water partition coefficient (Wildman–Crippen LogP) is 3.60. The molecule has 1 saturated heterocycles. The molecule has 1 aromatic carbocycles.